The summed E-state index contributed by atoms with van der Waals surface area (Å²) in [7, 11) is 0. The summed E-state index contributed by atoms with van der Waals surface area (Å²) < 4.78 is 62.4. The van der Waals surface area contributed by atoms with Crippen LogP contribution in [-0.4, -0.2) is 36.7 Å². The molecule has 0 amide bonds. The van der Waals surface area contributed by atoms with Crippen LogP contribution in [0.5, 0.6) is 17.2 Å². The molecule has 0 atom stereocenters. The Kier molecular flexibility index (Phi) is 6.58. The van der Waals surface area contributed by atoms with Crippen LogP contribution >= 0.6 is 0 Å². The summed E-state index contributed by atoms with van der Waals surface area (Å²) in [4.78, 5) is 24.0. The van der Waals surface area contributed by atoms with Crippen LogP contribution in [0.15, 0.2) is 42.5 Å². The zero-order chi connectivity index (χ0) is 20.0. The van der Waals surface area contributed by atoms with Crippen molar-refractivity contribution in [3.63, 3.8) is 0 Å². The number of benzene rings is 2. The number of phenols is 1. The number of alkyl halides is 4. The zero-order valence-corrected chi connectivity index (χ0v) is 13.4. The Morgan fingerprint density at radius 3 is 2.22 bits per heavy atom. The summed E-state index contributed by atoms with van der Waals surface area (Å²) in [5.41, 5.74) is -0.628. The van der Waals surface area contributed by atoms with Crippen LogP contribution in [0.3, 0.4) is 0 Å². The molecule has 0 bridgehead atoms. The second-order valence-electron chi connectivity index (χ2n) is 4.93. The lowest BCUT2D eigenvalue weighted by Gasteiger charge is -2.12. The molecule has 0 saturated carbocycles. The summed E-state index contributed by atoms with van der Waals surface area (Å²) in [5, 5.41) is 9.54. The number of hydrogen-bond donors (Lipinski definition) is 1. The molecule has 0 aliphatic carbocycles. The molecule has 27 heavy (non-hydrogen) atoms. The van der Waals surface area contributed by atoms with Gasteiger partial charge in [0.1, 0.15) is 22.8 Å². The Bertz CT molecular complexity index is 825. The van der Waals surface area contributed by atoms with Crippen molar-refractivity contribution >= 4 is 11.8 Å². The van der Waals surface area contributed by atoms with Gasteiger partial charge in [0.2, 0.25) is 5.78 Å². The molecule has 0 aromatic heterocycles. The molecule has 0 heterocycles. The number of ether oxygens (including phenoxy) is 3. The fourth-order valence-corrected chi connectivity index (χ4v) is 2.04. The van der Waals surface area contributed by atoms with Crippen molar-refractivity contribution in [2.45, 2.75) is 13.2 Å². The molecule has 0 fully saturated rings. The number of halogens is 4. The summed E-state index contributed by atoms with van der Waals surface area (Å²) in [5.74, 6) is -3.53. The minimum absolute atomic E-state index is 0.199. The number of Topliss-reactive ketones (excluding diaryl/α,β-unsaturated/α-hetero) is 1. The smallest absolute Gasteiger partial charge is 0.387 e. The fourth-order valence-electron chi connectivity index (χ4n) is 2.04. The van der Waals surface area contributed by atoms with Gasteiger partial charge in [0.15, 0.2) is 6.61 Å². The monoisotopic (exact) mass is 388 g/mol. The Morgan fingerprint density at radius 1 is 0.926 bits per heavy atom. The van der Waals surface area contributed by atoms with Gasteiger partial charge in [-0.05, 0) is 24.3 Å². The van der Waals surface area contributed by atoms with E-state index >= 15 is 0 Å². The molecule has 0 radical (unpaired) electrons. The van der Waals surface area contributed by atoms with E-state index in [1.54, 1.807) is 0 Å². The van der Waals surface area contributed by atoms with E-state index < -0.39 is 48.6 Å². The number of phenolic OH excluding ortho intramolecular Hbond substituents is 1. The molecule has 0 unspecified atom stereocenters. The topological polar surface area (TPSA) is 82.1 Å². The molecule has 0 aliphatic heterocycles. The lowest BCUT2D eigenvalue weighted by molar-refractivity contribution is -0.0545. The lowest BCUT2D eigenvalue weighted by Crippen LogP contribution is -2.16. The highest BCUT2D eigenvalue weighted by molar-refractivity contribution is 6.01. The lowest BCUT2D eigenvalue weighted by atomic mass is 10.1. The Hall–Kier alpha value is -3.30. The highest BCUT2D eigenvalue weighted by Gasteiger charge is 2.20. The minimum atomic E-state index is -3.33. The molecule has 6 nitrogen and oxygen atoms in total. The average molecular weight is 388 g/mol. The van der Waals surface area contributed by atoms with Crippen LogP contribution in [0.1, 0.15) is 20.7 Å². The van der Waals surface area contributed by atoms with Crippen LogP contribution in [0.25, 0.3) is 0 Å². The minimum Gasteiger partial charge on any atom is -0.507 e. The maximum absolute atomic E-state index is 12.5. The molecule has 2 rings (SSSR count). The Balaban J connectivity index is 2.14. The van der Waals surface area contributed by atoms with Gasteiger partial charge in [0.25, 0.3) is 0 Å². The number of rotatable bonds is 8. The van der Waals surface area contributed by atoms with Crippen molar-refractivity contribution in [3.8, 4) is 17.2 Å². The van der Waals surface area contributed by atoms with Crippen LogP contribution in [0.4, 0.5) is 17.6 Å². The van der Waals surface area contributed by atoms with Gasteiger partial charge in [0, 0.05) is 6.07 Å². The van der Waals surface area contributed by atoms with Gasteiger partial charge in [-0.1, -0.05) is 12.1 Å². The first-order valence-electron chi connectivity index (χ1n) is 7.30. The van der Waals surface area contributed by atoms with Crippen molar-refractivity contribution in [2.75, 3.05) is 6.61 Å². The molecule has 10 heteroatoms. The van der Waals surface area contributed by atoms with Crippen molar-refractivity contribution in [3.05, 3.63) is 53.6 Å². The van der Waals surface area contributed by atoms with E-state index in [-0.39, 0.29) is 11.3 Å². The molecular formula is C17H12F4O6. The third kappa shape index (κ3) is 5.59. The van der Waals surface area contributed by atoms with E-state index in [1.807, 2.05) is 0 Å². The first-order valence-corrected chi connectivity index (χ1v) is 7.30. The van der Waals surface area contributed by atoms with Crippen LogP contribution in [-0.2, 0) is 4.74 Å². The summed E-state index contributed by atoms with van der Waals surface area (Å²) in [6.07, 6.45) is 0. The van der Waals surface area contributed by atoms with Crippen molar-refractivity contribution < 1.29 is 46.5 Å². The Morgan fingerprint density at radius 2 is 1.59 bits per heavy atom. The van der Waals surface area contributed by atoms with Crippen molar-refractivity contribution in [2.24, 2.45) is 0 Å². The maximum atomic E-state index is 12.5. The molecule has 1 N–H and O–H groups in total. The molecule has 0 spiro atoms. The molecule has 0 saturated heterocycles. The summed E-state index contributed by atoms with van der Waals surface area (Å²) in [6, 6.07) is 7.96. The van der Waals surface area contributed by atoms with Gasteiger partial charge in [-0.2, -0.15) is 17.6 Å². The highest BCUT2D eigenvalue weighted by atomic mass is 19.3. The second-order valence-corrected chi connectivity index (χ2v) is 4.93. The standard InChI is InChI=1S/C17H12F4O6/c18-16(19)26-9-5-6-10(14(7-9)27-17(20)21)13(23)8-25-15(24)11-3-1-2-4-12(11)22/h1-7,16-17,22H,8H2. The van der Waals surface area contributed by atoms with Gasteiger partial charge in [0.05, 0.1) is 5.56 Å². The van der Waals surface area contributed by atoms with E-state index in [2.05, 4.69) is 9.47 Å². The van der Waals surface area contributed by atoms with E-state index in [1.165, 1.54) is 24.3 Å². The third-order valence-electron chi connectivity index (χ3n) is 3.15. The molecule has 2 aromatic rings. The normalized spacial score (nSPS) is 10.7. The number of hydrogen-bond acceptors (Lipinski definition) is 6. The van der Waals surface area contributed by atoms with Crippen molar-refractivity contribution in [1.82, 2.24) is 0 Å². The maximum Gasteiger partial charge on any atom is 0.387 e. The van der Waals surface area contributed by atoms with Gasteiger partial charge in [-0.3, -0.25) is 4.79 Å². The van der Waals surface area contributed by atoms with Crippen molar-refractivity contribution in [1.29, 1.82) is 0 Å². The second kappa shape index (κ2) is 8.88. The first kappa shape index (κ1) is 20.0. The molecule has 0 aliphatic rings. The predicted molar refractivity (Wildman–Crippen MR) is 82.4 cm³/mol. The average Bonchev–Trinajstić information content (AvgIpc) is 2.59. The highest BCUT2D eigenvalue weighted by Crippen LogP contribution is 2.28. The quantitative estimate of drug-likeness (QED) is 0.423. The number of esters is 1. The zero-order valence-electron chi connectivity index (χ0n) is 13.4. The van der Waals surface area contributed by atoms with Gasteiger partial charge >= 0.3 is 19.2 Å². The molecular weight excluding hydrogens is 376 g/mol. The van der Waals surface area contributed by atoms with Crippen LogP contribution in [0, 0.1) is 0 Å². The van der Waals surface area contributed by atoms with E-state index in [4.69, 9.17) is 4.74 Å². The predicted octanol–water partition coefficient (Wildman–Crippen LogP) is 3.63. The van der Waals surface area contributed by atoms with Crippen LogP contribution < -0.4 is 9.47 Å². The third-order valence-corrected chi connectivity index (χ3v) is 3.15. The number of aromatic hydroxyl groups is 1. The molecule has 2 aromatic carbocycles. The van der Waals surface area contributed by atoms with Gasteiger partial charge in [-0.25, -0.2) is 4.79 Å². The number of carbonyl (C=O) groups excluding carboxylic acids is 2. The van der Waals surface area contributed by atoms with E-state index in [9.17, 15) is 32.3 Å². The number of ketones is 1. The van der Waals surface area contributed by atoms with Gasteiger partial charge in [-0.15, -0.1) is 0 Å². The fraction of sp³-hybridized carbons (Fsp3) is 0.176. The number of para-hydroxylation sites is 1. The number of carbonyl (C=O) groups is 2. The SMILES string of the molecule is O=C(OCC(=O)c1ccc(OC(F)F)cc1OC(F)F)c1ccccc1O. The summed E-state index contributed by atoms with van der Waals surface area (Å²) in [6.45, 7) is -7.39. The summed E-state index contributed by atoms with van der Waals surface area (Å²) >= 11 is 0. The Labute approximate surface area is 149 Å². The van der Waals surface area contributed by atoms with E-state index in [0.717, 1.165) is 12.1 Å². The molecule has 144 valence electrons. The first-order chi connectivity index (χ1) is 12.8. The largest absolute Gasteiger partial charge is 0.507 e. The van der Waals surface area contributed by atoms with Gasteiger partial charge < -0.3 is 19.3 Å². The van der Waals surface area contributed by atoms with Crippen LogP contribution in [0.2, 0.25) is 0 Å². The van der Waals surface area contributed by atoms with E-state index in [0.29, 0.717) is 6.07 Å².